The topological polar surface area (TPSA) is 78.9 Å². The number of pyridine rings is 1. The van der Waals surface area contributed by atoms with E-state index in [-0.39, 0.29) is 5.01 Å². The maximum atomic E-state index is 12.7. The molecule has 2 aromatic heterocycles. The number of amides is 2. The number of para-hydroxylation sites is 1. The van der Waals surface area contributed by atoms with Crippen LogP contribution in [-0.2, 0) is 6.18 Å². The van der Waals surface area contributed by atoms with Crippen molar-refractivity contribution in [3.63, 3.8) is 0 Å². The van der Waals surface area contributed by atoms with E-state index in [0.29, 0.717) is 18.1 Å². The minimum atomic E-state index is -4.51. The van der Waals surface area contributed by atoms with E-state index in [1.54, 1.807) is 25.1 Å². The van der Waals surface area contributed by atoms with E-state index in [4.69, 9.17) is 0 Å². The normalized spacial score (nSPS) is 12.3. The predicted molar refractivity (Wildman–Crippen MR) is 106 cm³/mol. The van der Waals surface area contributed by atoms with Crippen LogP contribution in [0.2, 0.25) is 0 Å². The summed E-state index contributed by atoms with van der Waals surface area (Å²) in [4.78, 5) is 20.2. The lowest BCUT2D eigenvalue weighted by atomic mass is 10.2. The molecule has 1 unspecified atom stereocenters. The zero-order valence-corrected chi connectivity index (χ0v) is 16.1. The van der Waals surface area contributed by atoms with Crippen molar-refractivity contribution in [2.45, 2.75) is 25.6 Å². The number of nitrogens with one attached hydrogen (secondary N) is 3. The van der Waals surface area contributed by atoms with Crippen molar-refractivity contribution in [1.82, 2.24) is 15.3 Å². The summed E-state index contributed by atoms with van der Waals surface area (Å²) in [6.07, 6.45) is -4.12. The lowest BCUT2D eigenvalue weighted by Crippen LogP contribution is -2.32. The van der Waals surface area contributed by atoms with Gasteiger partial charge in [-0.05, 0) is 30.7 Å². The van der Waals surface area contributed by atoms with E-state index in [2.05, 4.69) is 25.9 Å². The molecule has 152 valence electrons. The van der Waals surface area contributed by atoms with Gasteiger partial charge in [-0.25, -0.2) is 14.8 Å². The summed E-state index contributed by atoms with van der Waals surface area (Å²) in [7, 11) is 0. The monoisotopic (exact) mass is 421 g/mol. The molecule has 0 bridgehead atoms. The molecular weight excluding hydrogens is 403 g/mol. The van der Waals surface area contributed by atoms with Crippen molar-refractivity contribution in [3.8, 4) is 0 Å². The second-order valence-electron chi connectivity index (χ2n) is 6.03. The number of nitrogens with zero attached hydrogens (tertiary/aromatic N) is 2. The Morgan fingerprint density at radius 3 is 2.45 bits per heavy atom. The summed E-state index contributed by atoms with van der Waals surface area (Å²) in [6, 6.07) is 13.3. The number of alkyl halides is 3. The molecule has 29 heavy (non-hydrogen) atoms. The Labute approximate surface area is 169 Å². The Morgan fingerprint density at radius 2 is 1.79 bits per heavy atom. The van der Waals surface area contributed by atoms with Crippen LogP contribution in [0.3, 0.4) is 0 Å². The molecule has 0 aliphatic rings. The van der Waals surface area contributed by atoms with Crippen molar-refractivity contribution in [2.24, 2.45) is 0 Å². The molecule has 1 aromatic carbocycles. The van der Waals surface area contributed by atoms with Gasteiger partial charge in [-0.15, -0.1) is 11.3 Å². The van der Waals surface area contributed by atoms with Crippen LogP contribution in [0.4, 0.5) is 35.3 Å². The molecule has 0 saturated heterocycles. The van der Waals surface area contributed by atoms with Gasteiger partial charge in [-0.3, -0.25) is 5.32 Å². The Kier molecular flexibility index (Phi) is 6.32. The van der Waals surface area contributed by atoms with Gasteiger partial charge in [-0.2, -0.15) is 13.2 Å². The van der Waals surface area contributed by atoms with Crippen molar-refractivity contribution in [3.05, 3.63) is 64.6 Å². The average Bonchev–Trinajstić information content (AvgIpc) is 3.18. The standard InChI is InChI=1S/C19H18F3N5OS/c1-2-13(17-25-14(11-29-17)19(20,21)22)24-18(28)27-16-10-6-9-15(26-16)23-12-7-4-3-5-8-12/h3-11,13H,2H2,1H3,(H3,23,24,26,27,28). The lowest BCUT2D eigenvalue weighted by Gasteiger charge is -2.15. The summed E-state index contributed by atoms with van der Waals surface area (Å²) in [6.45, 7) is 1.75. The third-order valence-electron chi connectivity index (χ3n) is 3.86. The van der Waals surface area contributed by atoms with Crippen LogP contribution in [0.25, 0.3) is 0 Å². The van der Waals surface area contributed by atoms with Crippen molar-refractivity contribution >= 4 is 34.7 Å². The first-order valence-corrected chi connectivity index (χ1v) is 9.62. The van der Waals surface area contributed by atoms with Gasteiger partial charge in [-0.1, -0.05) is 31.2 Å². The highest BCUT2D eigenvalue weighted by Gasteiger charge is 2.34. The molecule has 3 N–H and O–H groups in total. The highest BCUT2D eigenvalue weighted by Crippen LogP contribution is 2.32. The molecule has 0 spiro atoms. The molecule has 0 radical (unpaired) electrons. The van der Waals surface area contributed by atoms with Crippen LogP contribution in [0.5, 0.6) is 0 Å². The molecule has 0 fully saturated rings. The first-order valence-electron chi connectivity index (χ1n) is 8.74. The largest absolute Gasteiger partial charge is 0.434 e. The van der Waals surface area contributed by atoms with Gasteiger partial charge in [0.05, 0.1) is 6.04 Å². The van der Waals surface area contributed by atoms with Crippen LogP contribution in [-0.4, -0.2) is 16.0 Å². The minimum absolute atomic E-state index is 0.197. The highest BCUT2D eigenvalue weighted by molar-refractivity contribution is 7.09. The van der Waals surface area contributed by atoms with Crippen LogP contribution < -0.4 is 16.0 Å². The number of urea groups is 1. The second kappa shape index (κ2) is 8.91. The molecule has 0 aliphatic heterocycles. The molecule has 6 nitrogen and oxygen atoms in total. The van der Waals surface area contributed by atoms with Crippen molar-refractivity contribution in [2.75, 3.05) is 10.6 Å². The quantitative estimate of drug-likeness (QED) is 0.486. The smallest absolute Gasteiger partial charge is 0.340 e. The van der Waals surface area contributed by atoms with Gasteiger partial charge in [0, 0.05) is 11.1 Å². The van der Waals surface area contributed by atoms with Crippen LogP contribution in [0.1, 0.15) is 30.1 Å². The Hall–Kier alpha value is -3.14. The van der Waals surface area contributed by atoms with E-state index >= 15 is 0 Å². The molecule has 2 amide bonds. The number of rotatable bonds is 6. The molecule has 2 heterocycles. The number of hydrogen-bond donors (Lipinski definition) is 3. The fourth-order valence-electron chi connectivity index (χ4n) is 2.47. The van der Waals surface area contributed by atoms with Gasteiger partial charge >= 0.3 is 12.2 Å². The zero-order chi connectivity index (χ0) is 20.9. The molecule has 3 aromatic rings. The molecule has 10 heteroatoms. The highest BCUT2D eigenvalue weighted by atomic mass is 32.1. The number of aromatic nitrogens is 2. The fourth-order valence-corrected chi connectivity index (χ4v) is 3.43. The van der Waals surface area contributed by atoms with Crippen LogP contribution in [0, 0.1) is 0 Å². The maximum Gasteiger partial charge on any atom is 0.434 e. The lowest BCUT2D eigenvalue weighted by molar-refractivity contribution is -0.140. The number of carbonyl (C=O) groups is 1. The van der Waals surface area contributed by atoms with Crippen LogP contribution in [0.15, 0.2) is 53.9 Å². The summed E-state index contributed by atoms with van der Waals surface area (Å²) in [5.74, 6) is 0.837. The maximum absolute atomic E-state index is 12.7. The third kappa shape index (κ3) is 5.67. The first-order chi connectivity index (χ1) is 13.8. The first kappa shape index (κ1) is 20.6. The molecule has 1 atom stereocenters. The molecule has 0 saturated carbocycles. The third-order valence-corrected chi connectivity index (χ3v) is 4.82. The van der Waals surface area contributed by atoms with Crippen LogP contribution >= 0.6 is 11.3 Å². The van der Waals surface area contributed by atoms with E-state index in [1.807, 2.05) is 30.3 Å². The summed E-state index contributed by atoms with van der Waals surface area (Å²) in [5, 5.41) is 9.48. The van der Waals surface area contributed by atoms with E-state index < -0.39 is 23.9 Å². The number of benzene rings is 1. The van der Waals surface area contributed by atoms with Gasteiger partial charge in [0.25, 0.3) is 0 Å². The summed E-state index contributed by atoms with van der Waals surface area (Å²) in [5.41, 5.74) is -0.114. The zero-order valence-electron chi connectivity index (χ0n) is 15.3. The molecular formula is C19H18F3N5OS. The van der Waals surface area contributed by atoms with Gasteiger partial charge in [0.1, 0.15) is 16.6 Å². The number of anilines is 3. The number of hydrogen-bond acceptors (Lipinski definition) is 5. The fraction of sp³-hybridized carbons (Fsp3) is 0.211. The van der Waals surface area contributed by atoms with E-state index in [0.717, 1.165) is 22.4 Å². The average molecular weight is 421 g/mol. The SMILES string of the molecule is CCC(NC(=O)Nc1cccc(Nc2ccccc2)n1)c1nc(C(F)(F)F)cs1. The number of carbonyl (C=O) groups excluding carboxylic acids is 1. The van der Waals surface area contributed by atoms with Gasteiger partial charge < -0.3 is 10.6 Å². The van der Waals surface area contributed by atoms with E-state index in [1.165, 1.54) is 0 Å². The van der Waals surface area contributed by atoms with Crippen molar-refractivity contribution < 1.29 is 18.0 Å². The number of halogens is 3. The Balaban J connectivity index is 1.63. The Bertz CT molecular complexity index is 962. The molecule has 0 aliphatic carbocycles. The van der Waals surface area contributed by atoms with Crippen molar-refractivity contribution in [1.29, 1.82) is 0 Å². The summed E-state index contributed by atoms with van der Waals surface area (Å²) >= 11 is 0.862. The van der Waals surface area contributed by atoms with E-state index in [9.17, 15) is 18.0 Å². The predicted octanol–water partition coefficient (Wildman–Crippen LogP) is 5.57. The van der Waals surface area contributed by atoms with Gasteiger partial charge in [0.15, 0.2) is 5.69 Å². The number of thiazole rings is 1. The second-order valence-corrected chi connectivity index (χ2v) is 6.92. The van der Waals surface area contributed by atoms with Gasteiger partial charge in [0.2, 0.25) is 0 Å². The summed E-state index contributed by atoms with van der Waals surface area (Å²) < 4.78 is 38.2. The minimum Gasteiger partial charge on any atom is -0.340 e. The Morgan fingerprint density at radius 1 is 1.07 bits per heavy atom. The molecule has 3 rings (SSSR count).